The van der Waals surface area contributed by atoms with Crippen LogP contribution in [-0.2, 0) is 4.74 Å². The van der Waals surface area contributed by atoms with Gasteiger partial charge in [-0.25, -0.2) is 4.99 Å². The van der Waals surface area contributed by atoms with E-state index >= 15 is 0 Å². The second-order valence-electron chi connectivity index (χ2n) is 5.19. The summed E-state index contributed by atoms with van der Waals surface area (Å²) in [6.07, 6.45) is 10.9. The number of benzene rings is 1. The van der Waals surface area contributed by atoms with Crippen LogP contribution in [0.2, 0.25) is 0 Å². The van der Waals surface area contributed by atoms with Gasteiger partial charge in [0.15, 0.2) is 0 Å². The molecule has 1 N–H and O–H groups in total. The van der Waals surface area contributed by atoms with Crippen molar-refractivity contribution in [2.24, 2.45) is 10.9 Å². The normalized spacial score (nSPS) is 19.0. The first-order valence-corrected chi connectivity index (χ1v) is 9.24. The Balaban J connectivity index is 0.000000671. The summed E-state index contributed by atoms with van der Waals surface area (Å²) in [5.41, 5.74) is 1.29. The first kappa shape index (κ1) is 20.0. The van der Waals surface area contributed by atoms with E-state index in [9.17, 15) is 0 Å². The minimum absolute atomic E-state index is 0.245. The van der Waals surface area contributed by atoms with E-state index in [1.807, 2.05) is 33.8 Å². The summed E-state index contributed by atoms with van der Waals surface area (Å²) >= 11 is 0. The fourth-order valence-electron chi connectivity index (χ4n) is 2.64. The maximum Gasteiger partial charge on any atom is 0.285 e. The second kappa shape index (κ2) is 12.4. The molecule has 0 aromatic heterocycles. The molecule has 2 atom stereocenters. The molecule has 1 aromatic carbocycles. The minimum atomic E-state index is 0.245. The molecule has 0 fully saturated rings. The molecular formula is C21H32N2O. The molecule has 1 aromatic rings. The van der Waals surface area contributed by atoms with Gasteiger partial charge >= 0.3 is 0 Å². The number of aliphatic imine (C=N–C) groups is 1. The molecule has 0 amide bonds. The molecule has 1 aliphatic carbocycles. The summed E-state index contributed by atoms with van der Waals surface area (Å²) < 4.78 is 5.50. The van der Waals surface area contributed by atoms with Crippen molar-refractivity contribution in [2.45, 2.75) is 46.6 Å². The highest BCUT2D eigenvalue weighted by Crippen LogP contribution is 2.26. The zero-order valence-corrected chi connectivity index (χ0v) is 15.5. The molecule has 0 bridgehead atoms. The smallest absolute Gasteiger partial charge is 0.285 e. The molecule has 2 unspecified atom stereocenters. The standard InChI is InChI=1S/C17H20N2O.2C2H6/c1-3-7-14(8-4-1)13-16(15-9-5-2-6-10-15)19-17-18-11-12-20-17;2*1-2/h1-7,9-10,14,16H,8,11-13H2,(H,18,19);2*1-2H3. The first-order valence-electron chi connectivity index (χ1n) is 9.24. The largest absolute Gasteiger partial charge is 0.463 e. The van der Waals surface area contributed by atoms with Crippen LogP contribution in [0.5, 0.6) is 0 Å². The number of allylic oxidation sites excluding steroid dienone is 4. The van der Waals surface area contributed by atoms with E-state index in [0.717, 1.165) is 19.4 Å². The number of ether oxygens (including phenoxy) is 1. The van der Waals surface area contributed by atoms with E-state index in [4.69, 9.17) is 4.74 Å². The highest BCUT2D eigenvalue weighted by Gasteiger charge is 2.19. The molecule has 1 heterocycles. The minimum Gasteiger partial charge on any atom is -0.463 e. The van der Waals surface area contributed by atoms with Crippen LogP contribution in [0.3, 0.4) is 0 Å². The summed E-state index contributed by atoms with van der Waals surface area (Å²) in [4.78, 5) is 4.35. The second-order valence-corrected chi connectivity index (χ2v) is 5.19. The number of nitrogens with zero attached hydrogens (tertiary/aromatic N) is 1. The Morgan fingerprint density at radius 3 is 2.46 bits per heavy atom. The Kier molecular flexibility index (Phi) is 10.3. The summed E-state index contributed by atoms with van der Waals surface area (Å²) in [5.74, 6) is 0.569. The van der Waals surface area contributed by atoms with E-state index in [1.54, 1.807) is 0 Å². The van der Waals surface area contributed by atoms with Crippen molar-refractivity contribution in [1.29, 1.82) is 0 Å². The molecule has 1 aliphatic heterocycles. The van der Waals surface area contributed by atoms with Crippen LogP contribution in [0.4, 0.5) is 0 Å². The lowest BCUT2D eigenvalue weighted by Crippen LogP contribution is -2.30. The van der Waals surface area contributed by atoms with E-state index in [-0.39, 0.29) is 6.04 Å². The Morgan fingerprint density at radius 2 is 1.88 bits per heavy atom. The third kappa shape index (κ3) is 6.61. The molecule has 2 aliphatic rings. The fraction of sp³-hybridized carbons (Fsp3) is 0.476. The first-order chi connectivity index (χ1) is 11.9. The third-order valence-electron chi connectivity index (χ3n) is 3.69. The SMILES string of the molecule is C1=CCC(CC(NC2=NCCO2)c2ccccc2)C=C1.CC.CC. The van der Waals surface area contributed by atoms with Crippen molar-refractivity contribution in [3.8, 4) is 0 Å². The monoisotopic (exact) mass is 328 g/mol. The molecule has 3 rings (SSSR count). The molecule has 0 saturated heterocycles. The van der Waals surface area contributed by atoms with Crippen molar-refractivity contribution in [1.82, 2.24) is 5.32 Å². The summed E-state index contributed by atoms with van der Waals surface area (Å²) in [5, 5.41) is 3.45. The number of hydrogen-bond donors (Lipinski definition) is 1. The van der Waals surface area contributed by atoms with Gasteiger partial charge in [-0.2, -0.15) is 0 Å². The average molecular weight is 329 g/mol. The lowest BCUT2D eigenvalue weighted by molar-refractivity contribution is 0.320. The van der Waals surface area contributed by atoms with Gasteiger partial charge in [-0.1, -0.05) is 82.3 Å². The van der Waals surface area contributed by atoms with Gasteiger partial charge in [0.1, 0.15) is 6.61 Å². The maximum absolute atomic E-state index is 5.50. The van der Waals surface area contributed by atoms with Crippen LogP contribution >= 0.6 is 0 Å². The lowest BCUT2D eigenvalue weighted by Gasteiger charge is -2.24. The van der Waals surface area contributed by atoms with Crippen LogP contribution in [-0.4, -0.2) is 19.2 Å². The highest BCUT2D eigenvalue weighted by atomic mass is 16.5. The number of nitrogens with one attached hydrogen (secondary N) is 1. The Bertz CT molecular complexity index is 520. The third-order valence-corrected chi connectivity index (χ3v) is 3.69. The van der Waals surface area contributed by atoms with Gasteiger partial charge in [-0.05, 0) is 24.3 Å². The van der Waals surface area contributed by atoms with Crippen LogP contribution in [0.25, 0.3) is 0 Å². The van der Waals surface area contributed by atoms with Gasteiger partial charge in [-0.3, -0.25) is 0 Å². The zero-order valence-electron chi connectivity index (χ0n) is 15.5. The van der Waals surface area contributed by atoms with Gasteiger partial charge < -0.3 is 10.1 Å². The summed E-state index contributed by atoms with van der Waals surface area (Å²) in [6.45, 7) is 9.45. The van der Waals surface area contributed by atoms with E-state index in [0.29, 0.717) is 18.5 Å². The topological polar surface area (TPSA) is 33.6 Å². The molecule has 3 heteroatoms. The van der Waals surface area contributed by atoms with Crippen molar-refractivity contribution in [3.05, 3.63) is 60.2 Å². The number of hydrogen-bond acceptors (Lipinski definition) is 3. The van der Waals surface area contributed by atoms with Gasteiger partial charge in [0, 0.05) is 0 Å². The molecule has 0 radical (unpaired) electrons. The van der Waals surface area contributed by atoms with E-state index in [1.165, 1.54) is 5.56 Å². The van der Waals surface area contributed by atoms with E-state index < -0.39 is 0 Å². The van der Waals surface area contributed by atoms with Crippen LogP contribution in [0.1, 0.15) is 52.1 Å². The van der Waals surface area contributed by atoms with Crippen molar-refractivity contribution in [2.75, 3.05) is 13.2 Å². The number of amidine groups is 1. The summed E-state index contributed by atoms with van der Waals surface area (Å²) in [6, 6.07) is 11.5. The van der Waals surface area contributed by atoms with Gasteiger partial charge in [-0.15, -0.1) is 0 Å². The molecule has 132 valence electrons. The zero-order chi connectivity index (χ0) is 17.6. The Labute approximate surface area is 147 Å². The van der Waals surface area contributed by atoms with Gasteiger partial charge in [0.25, 0.3) is 6.02 Å². The fourth-order valence-corrected chi connectivity index (χ4v) is 2.64. The highest BCUT2D eigenvalue weighted by molar-refractivity contribution is 5.75. The maximum atomic E-state index is 5.50. The van der Waals surface area contributed by atoms with Crippen LogP contribution < -0.4 is 5.32 Å². The molecule has 0 saturated carbocycles. The van der Waals surface area contributed by atoms with Gasteiger partial charge in [0.05, 0.1) is 12.6 Å². The number of rotatable bonds is 4. The van der Waals surface area contributed by atoms with Crippen LogP contribution in [0.15, 0.2) is 59.6 Å². The molecule has 24 heavy (non-hydrogen) atoms. The predicted molar refractivity (Wildman–Crippen MR) is 104 cm³/mol. The quantitative estimate of drug-likeness (QED) is 0.816. The van der Waals surface area contributed by atoms with Gasteiger partial charge in [0.2, 0.25) is 0 Å². The Hall–Kier alpha value is -2.03. The lowest BCUT2D eigenvalue weighted by atomic mass is 9.90. The average Bonchev–Trinajstić information content (AvgIpc) is 3.19. The van der Waals surface area contributed by atoms with Crippen molar-refractivity contribution in [3.63, 3.8) is 0 Å². The molecular weight excluding hydrogens is 296 g/mol. The van der Waals surface area contributed by atoms with Crippen molar-refractivity contribution >= 4 is 6.02 Å². The summed E-state index contributed by atoms with van der Waals surface area (Å²) in [7, 11) is 0. The predicted octanol–water partition coefficient (Wildman–Crippen LogP) is 5.28. The molecule has 0 spiro atoms. The Morgan fingerprint density at radius 1 is 1.12 bits per heavy atom. The van der Waals surface area contributed by atoms with Crippen molar-refractivity contribution < 1.29 is 4.74 Å². The van der Waals surface area contributed by atoms with E-state index in [2.05, 4.69) is 58.9 Å². The van der Waals surface area contributed by atoms with Crippen LogP contribution in [0, 0.1) is 5.92 Å². The molecule has 3 nitrogen and oxygen atoms in total.